The van der Waals surface area contributed by atoms with Crippen LogP contribution in [0.3, 0.4) is 0 Å². The lowest BCUT2D eigenvalue weighted by molar-refractivity contribution is -0.123. The average Bonchev–Trinajstić information content (AvgIpc) is 2.35. The number of hydrogen-bond acceptors (Lipinski definition) is 3. The summed E-state index contributed by atoms with van der Waals surface area (Å²) in [6.45, 7) is -1.49. The molecule has 0 saturated carbocycles. The van der Waals surface area contributed by atoms with E-state index in [1.54, 1.807) is 5.32 Å². The molecule has 1 rings (SSSR count). The molecule has 0 aliphatic rings. The summed E-state index contributed by atoms with van der Waals surface area (Å²) in [6.07, 6.45) is -3.86. The summed E-state index contributed by atoms with van der Waals surface area (Å²) >= 11 is 0. The highest BCUT2D eigenvalue weighted by molar-refractivity contribution is 5.94. The van der Waals surface area contributed by atoms with E-state index in [4.69, 9.17) is 4.74 Å². The Morgan fingerprint density at radius 1 is 1.47 bits per heavy atom. The molecule has 0 fully saturated rings. The van der Waals surface area contributed by atoms with Gasteiger partial charge in [-0.3, -0.25) is 4.79 Å². The first kappa shape index (κ1) is 15.1. The number of carbonyl (C=O) groups excluding carboxylic acids is 1. The summed E-state index contributed by atoms with van der Waals surface area (Å²) in [4.78, 5) is 11.4. The van der Waals surface area contributed by atoms with Gasteiger partial charge >= 0.3 is 12.3 Å². The number of nitrogens with one attached hydrogen (secondary N) is 1. The van der Waals surface area contributed by atoms with Gasteiger partial charge in [-0.05, 0) is 18.2 Å². The maximum absolute atomic E-state index is 12.6. The smallest absolute Gasteiger partial charge is 0.324 e. The van der Waals surface area contributed by atoms with Gasteiger partial charge in [0.25, 0.3) is 5.91 Å². The number of phenolic OH excluding ortho intramolecular Hbond substituents is 1. The lowest BCUT2D eigenvalue weighted by Gasteiger charge is -2.15. The molecule has 0 unspecified atom stereocenters. The van der Waals surface area contributed by atoms with E-state index in [9.17, 15) is 27.5 Å². The Labute approximate surface area is 106 Å². The minimum atomic E-state index is -4.30. The first-order valence-corrected chi connectivity index (χ1v) is 5.09. The molecule has 8 heteroatoms. The van der Waals surface area contributed by atoms with Gasteiger partial charge in [0.15, 0.2) is 11.5 Å². The van der Waals surface area contributed by atoms with E-state index in [0.29, 0.717) is 0 Å². The summed E-state index contributed by atoms with van der Waals surface area (Å²) in [5.74, 6) is -5.58. The van der Waals surface area contributed by atoms with Crippen molar-refractivity contribution in [3.63, 3.8) is 0 Å². The van der Waals surface area contributed by atoms with Crippen molar-refractivity contribution >= 4 is 5.91 Å². The van der Waals surface area contributed by atoms with Crippen molar-refractivity contribution in [1.82, 2.24) is 5.32 Å². The predicted octanol–water partition coefficient (Wildman–Crippen LogP) is 2.03. The monoisotopic (exact) mass is 281 g/mol. The molecule has 0 spiro atoms. The van der Waals surface area contributed by atoms with Crippen LogP contribution in [0.25, 0.3) is 0 Å². The lowest BCUT2D eigenvalue weighted by atomic mass is 10.2. The third-order valence-corrected chi connectivity index (χ3v) is 2.24. The zero-order valence-corrected chi connectivity index (χ0v) is 9.79. The van der Waals surface area contributed by atoms with Crippen LogP contribution >= 0.6 is 0 Å². The van der Waals surface area contributed by atoms with E-state index < -0.39 is 24.8 Å². The van der Waals surface area contributed by atoms with Crippen LogP contribution in [0.4, 0.5) is 17.6 Å². The Bertz CT molecular complexity index is 465. The van der Waals surface area contributed by atoms with E-state index in [0.717, 1.165) is 6.07 Å². The molecule has 0 heterocycles. The van der Waals surface area contributed by atoms with E-state index in [-0.39, 0.29) is 17.1 Å². The third-order valence-electron chi connectivity index (χ3n) is 2.24. The number of phenols is 1. The Kier molecular flexibility index (Phi) is 4.57. The number of hydrogen-bond donors (Lipinski definition) is 2. The van der Waals surface area contributed by atoms with Crippen LogP contribution < -0.4 is 10.1 Å². The quantitative estimate of drug-likeness (QED) is 0.812. The standard InChI is InChI=1S/C11H11F4NO3/c1-19-8-3-2-6(4-7(8)17)9(18)16-5-11(14,15)10(12)13/h2-4,10,17H,5H2,1H3,(H,16,18). The number of aromatic hydroxyl groups is 1. The van der Waals surface area contributed by atoms with Crippen molar-refractivity contribution < 1.29 is 32.2 Å². The summed E-state index contributed by atoms with van der Waals surface area (Å²) in [7, 11) is 1.29. The van der Waals surface area contributed by atoms with Crippen LogP contribution in [0.15, 0.2) is 18.2 Å². The normalized spacial score (nSPS) is 11.5. The van der Waals surface area contributed by atoms with Crippen LogP contribution in [0.1, 0.15) is 10.4 Å². The predicted molar refractivity (Wildman–Crippen MR) is 57.9 cm³/mol. The van der Waals surface area contributed by atoms with Gasteiger partial charge in [0.05, 0.1) is 13.7 Å². The fourth-order valence-corrected chi connectivity index (χ4v) is 1.21. The molecule has 0 atom stereocenters. The molecule has 19 heavy (non-hydrogen) atoms. The fraction of sp³-hybridized carbons (Fsp3) is 0.364. The maximum atomic E-state index is 12.6. The molecular weight excluding hydrogens is 270 g/mol. The van der Waals surface area contributed by atoms with Gasteiger partial charge in [0, 0.05) is 5.56 Å². The fourth-order valence-electron chi connectivity index (χ4n) is 1.21. The molecule has 1 amide bonds. The van der Waals surface area contributed by atoms with E-state index >= 15 is 0 Å². The Morgan fingerprint density at radius 2 is 2.11 bits per heavy atom. The largest absolute Gasteiger partial charge is 0.504 e. The zero-order chi connectivity index (χ0) is 14.6. The molecule has 0 aromatic heterocycles. The first-order valence-electron chi connectivity index (χ1n) is 5.09. The van der Waals surface area contributed by atoms with Gasteiger partial charge in [-0.15, -0.1) is 0 Å². The number of methoxy groups -OCH3 is 1. The highest BCUT2D eigenvalue weighted by Crippen LogP contribution is 2.26. The number of alkyl halides is 4. The van der Waals surface area contributed by atoms with Crippen LogP contribution in [0.2, 0.25) is 0 Å². The van der Waals surface area contributed by atoms with E-state index in [2.05, 4.69) is 0 Å². The topological polar surface area (TPSA) is 58.6 Å². The van der Waals surface area contributed by atoms with Gasteiger partial charge < -0.3 is 15.2 Å². The molecule has 0 radical (unpaired) electrons. The molecule has 0 saturated heterocycles. The van der Waals surface area contributed by atoms with E-state index in [1.807, 2.05) is 0 Å². The third kappa shape index (κ3) is 3.73. The van der Waals surface area contributed by atoms with Crippen LogP contribution in [-0.4, -0.2) is 37.0 Å². The van der Waals surface area contributed by atoms with Crippen LogP contribution in [-0.2, 0) is 0 Å². The molecule has 106 valence electrons. The number of benzene rings is 1. The van der Waals surface area contributed by atoms with Crippen molar-refractivity contribution in [3.05, 3.63) is 23.8 Å². The highest BCUT2D eigenvalue weighted by Gasteiger charge is 2.40. The van der Waals surface area contributed by atoms with Crippen LogP contribution in [0, 0.1) is 0 Å². The summed E-state index contributed by atoms with van der Waals surface area (Å²) in [5, 5.41) is 11.0. The summed E-state index contributed by atoms with van der Waals surface area (Å²) < 4.78 is 53.6. The second kappa shape index (κ2) is 5.77. The number of halogens is 4. The van der Waals surface area contributed by atoms with Gasteiger partial charge in [-0.2, -0.15) is 8.78 Å². The molecule has 0 aliphatic heterocycles. The molecular formula is C11H11F4NO3. The van der Waals surface area contributed by atoms with E-state index in [1.165, 1.54) is 19.2 Å². The SMILES string of the molecule is COc1ccc(C(=O)NCC(F)(F)C(F)F)cc1O. The molecule has 0 aliphatic carbocycles. The minimum absolute atomic E-state index is 0.0921. The summed E-state index contributed by atoms with van der Waals surface area (Å²) in [6, 6.07) is 3.43. The Balaban J connectivity index is 2.72. The second-order valence-electron chi connectivity index (χ2n) is 3.63. The molecule has 1 aromatic carbocycles. The van der Waals surface area contributed by atoms with Gasteiger partial charge in [0.1, 0.15) is 0 Å². The number of amides is 1. The number of carbonyl (C=O) groups is 1. The first-order chi connectivity index (χ1) is 8.77. The van der Waals surface area contributed by atoms with Crippen molar-refractivity contribution in [1.29, 1.82) is 0 Å². The highest BCUT2D eigenvalue weighted by atomic mass is 19.3. The van der Waals surface area contributed by atoms with Crippen LogP contribution in [0.5, 0.6) is 11.5 Å². The number of ether oxygens (including phenoxy) is 1. The average molecular weight is 281 g/mol. The van der Waals surface area contributed by atoms with Gasteiger partial charge in [-0.1, -0.05) is 0 Å². The zero-order valence-electron chi connectivity index (χ0n) is 9.79. The maximum Gasteiger partial charge on any atom is 0.324 e. The van der Waals surface area contributed by atoms with Crippen molar-refractivity contribution in [2.45, 2.75) is 12.3 Å². The molecule has 4 nitrogen and oxygen atoms in total. The van der Waals surface area contributed by atoms with Crippen molar-refractivity contribution in [2.24, 2.45) is 0 Å². The minimum Gasteiger partial charge on any atom is -0.504 e. The lowest BCUT2D eigenvalue weighted by Crippen LogP contribution is -2.41. The van der Waals surface area contributed by atoms with Crippen molar-refractivity contribution in [2.75, 3.05) is 13.7 Å². The van der Waals surface area contributed by atoms with Gasteiger partial charge in [-0.25, -0.2) is 8.78 Å². The summed E-state index contributed by atoms with van der Waals surface area (Å²) in [5.41, 5.74) is -0.150. The van der Waals surface area contributed by atoms with Gasteiger partial charge in [0.2, 0.25) is 0 Å². The molecule has 2 N–H and O–H groups in total. The molecule has 1 aromatic rings. The Hall–Kier alpha value is -1.99. The van der Waals surface area contributed by atoms with Crippen molar-refractivity contribution in [3.8, 4) is 11.5 Å². The second-order valence-corrected chi connectivity index (χ2v) is 3.63. The number of rotatable bonds is 5. The molecule has 0 bridgehead atoms. The Morgan fingerprint density at radius 3 is 2.58 bits per heavy atom.